The number of aromatic nitrogens is 1. The molecular formula is C30H37NO5. The Morgan fingerprint density at radius 3 is 2.31 bits per heavy atom. The molecule has 0 amide bonds. The highest BCUT2D eigenvalue weighted by Crippen LogP contribution is 2.35. The number of aliphatic carboxylic acids is 1. The molecule has 1 aliphatic rings. The Hall–Kier alpha value is -3.38. The number of aliphatic hydroxyl groups is 1. The van der Waals surface area contributed by atoms with Gasteiger partial charge in [-0.05, 0) is 113 Å². The number of benzene rings is 2. The molecule has 2 N–H and O–H groups in total. The van der Waals surface area contributed by atoms with Gasteiger partial charge in [-0.3, -0.25) is 14.2 Å². The van der Waals surface area contributed by atoms with Gasteiger partial charge < -0.3 is 14.9 Å². The van der Waals surface area contributed by atoms with Gasteiger partial charge in [0, 0.05) is 22.5 Å². The SMILES string of the molecule is CC(C)(C)O.Cc1ccc(-n2c(C)c(-c3ccc4c(c3)CCCO4)c(CC(=O)O)c(C)c2=O)cc1C. The predicted octanol–water partition coefficient (Wildman–Crippen LogP) is 5.47. The molecule has 0 unspecified atom stereocenters. The molecule has 2 aromatic carbocycles. The number of hydrogen-bond acceptors (Lipinski definition) is 4. The van der Waals surface area contributed by atoms with Crippen LogP contribution >= 0.6 is 0 Å². The Labute approximate surface area is 213 Å². The summed E-state index contributed by atoms with van der Waals surface area (Å²) in [7, 11) is 0. The molecule has 0 radical (unpaired) electrons. The minimum atomic E-state index is -0.951. The lowest BCUT2D eigenvalue weighted by Gasteiger charge is -2.23. The molecule has 0 fully saturated rings. The molecule has 6 nitrogen and oxygen atoms in total. The van der Waals surface area contributed by atoms with Gasteiger partial charge in [0.05, 0.1) is 18.6 Å². The van der Waals surface area contributed by atoms with E-state index < -0.39 is 11.6 Å². The molecule has 0 aliphatic carbocycles. The number of fused-ring (bicyclic) bond motifs is 1. The van der Waals surface area contributed by atoms with Crippen molar-refractivity contribution in [3.05, 3.63) is 80.3 Å². The zero-order chi connectivity index (χ0) is 26.8. The number of aryl methyl sites for hydroxylation is 3. The Balaban J connectivity index is 0.000000658. The molecule has 6 heteroatoms. The lowest BCUT2D eigenvalue weighted by atomic mass is 9.91. The molecule has 0 saturated carbocycles. The van der Waals surface area contributed by atoms with Crippen molar-refractivity contribution in [1.29, 1.82) is 0 Å². The molecule has 2 heterocycles. The van der Waals surface area contributed by atoms with Crippen molar-refractivity contribution in [3.8, 4) is 22.6 Å². The van der Waals surface area contributed by atoms with E-state index in [1.54, 1.807) is 32.3 Å². The third-order valence-corrected chi connectivity index (χ3v) is 6.25. The van der Waals surface area contributed by atoms with E-state index in [9.17, 15) is 14.7 Å². The maximum Gasteiger partial charge on any atom is 0.307 e. The monoisotopic (exact) mass is 491 g/mol. The van der Waals surface area contributed by atoms with Crippen LogP contribution in [0, 0.1) is 27.7 Å². The highest BCUT2D eigenvalue weighted by atomic mass is 16.5. The fraction of sp³-hybridized carbons (Fsp3) is 0.400. The number of nitrogens with zero attached hydrogens (tertiary/aromatic N) is 1. The molecule has 0 saturated heterocycles. The third kappa shape index (κ3) is 6.24. The molecule has 0 atom stereocenters. The molecule has 36 heavy (non-hydrogen) atoms. The lowest BCUT2D eigenvalue weighted by molar-refractivity contribution is -0.136. The van der Waals surface area contributed by atoms with Crippen molar-refractivity contribution < 1.29 is 19.7 Å². The highest BCUT2D eigenvalue weighted by Gasteiger charge is 2.22. The number of carboxylic acids is 1. The van der Waals surface area contributed by atoms with Crippen LogP contribution in [-0.2, 0) is 17.6 Å². The van der Waals surface area contributed by atoms with Crippen molar-refractivity contribution in [2.75, 3.05) is 6.61 Å². The smallest absolute Gasteiger partial charge is 0.307 e. The summed E-state index contributed by atoms with van der Waals surface area (Å²) in [5, 5.41) is 18.1. The van der Waals surface area contributed by atoms with Gasteiger partial charge >= 0.3 is 5.97 Å². The first kappa shape index (κ1) is 27.2. The van der Waals surface area contributed by atoms with E-state index in [-0.39, 0.29) is 12.0 Å². The minimum Gasteiger partial charge on any atom is -0.493 e. The summed E-state index contributed by atoms with van der Waals surface area (Å²) in [6.45, 7) is 13.6. The third-order valence-electron chi connectivity index (χ3n) is 6.25. The fourth-order valence-corrected chi connectivity index (χ4v) is 4.41. The van der Waals surface area contributed by atoms with Gasteiger partial charge in [-0.25, -0.2) is 0 Å². The molecule has 192 valence electrons. The summed E-state index contributed by atoms with van der Waals surface area (Å²) < 4.78 is 7.46. The number of pyridine rings is 1. The lowest BCUT2D eigenvalue weighted by Crippen LogP contribution is -2.27. The quantitative estimate of drug-likeness (QED) is 0.505. The first-order chi connectivity index (χ1) is 16.8. The molecular weight excluding hydrogens is 454 g/mol. The number of carbonyl (C=O) groups is 1. The second kappa shape index (κ2) is 10.7. The molecule has 0 spiro atoms. The van der Waals surface area contributed by atoms with Crippen LogP contribution in [0.15, 0.2) is 41.2 Å². The molecule has 0 bridgehead atoms. The average molecular weight is 492 g/mol. The van der Waals surface area contributed by atoms with Crippen LogP contribution < -0.4 is 10.3 Å². The normalized spacial score (nSPS) is 12.8. The first-order valence-corrected chi connectivity index (χ1v) is 12.3. The summed E-state index contributed by atoms with van der Waals surface area (Å²) in [5.74, 6) is -0.0694. The van der Waals surface area contributed by atoms with E-state index in [0.717, 1.165) is 57.8 Å². The van der Waals surface area contributed by atoms with Crippen molar-refractivity contribution in [1.82, 2.24) is 4.57 Å². The number of hydrogen-bond donors (Lipinski definition) is 2. The molecule has 4 rings (SSSR count). The zero-order valence-corrected chi connectivity index (χ0v) is 22.4. The van der Waals surface area contributed by atoms with E-state index in [1.165, 1.54) is 0 Å². The Kier molecular flexibility index (Phi) is 8.09. The predicted molar refractivity (Wildman–Crippen MR) is 144 cm³/mol. The van der Waals surface area contributed by atoms with Gasteiger partial charge in [0.1, 0.15) is 5.75 Å². The van der Waals surface area contributed by atoms with Crippen LogP contribution in [0.1, 0.15) is 60.7 Å². The van der Waals surface area contributed by atoms with E-state index in [0.29, 0.717) is 17.7 Å². The van der Waals surface area contributed by atoms with Crippen molar-refractivity contribution in [3.63, 3.8) is 0 Å². The number of ether oxygens (including phenoxy) is 1. The Bertz CT molecular complexity index is 1340. The average Bonchev–Trinajstić information content (AvgIpc) is 2.78. The van der Waals surface area contributed by atoms with Crippen molar-refractivity contribution in [2.45, 2.75) is 73.3 Å². The van der Waals surface area contributed by atoms with Gasteiger partial charge in [0.25, 0.3) is 5.56 Å². The summed E-state index contributed by atoms with van der Waals surface area (Å²) >= 11 is 0. The topological polar surface area (TPSA) is 88.8 Å². The summed E-state index contributed by atoms with van der Waals surface area (Å²) in [6, 6.07) is 12.0. The maximum atomic E-state index is 13.4. The van der Waals surface area contributed by atoms with Crippen LogP contribution in [0.5, 0.6) is 5.75 Å². The minimum absolute atomic E-state index is 0.179. The van der Waals surface area contributed by atoms with Crippen LogP contribution in [0.3, 0.4) is 0 Å². The van der Waals surface area contributed by atoms with Gasteiger partial charge in [-0.1, -0.05) is 12.1 Å². The Morgan fingerprint density at radius 2 is 1.69 bits per heavy atom. The zero-order valence-electron chi connectivity index (χ0n) is 22.4. The second-order valence-corrected chi connectivity index (χ2v) is 10.5. The summed E-state index contributed by atoms with van der Waals surface area (Å²) in [4.78, 5) is 25.0. The molecule has 1 aromatic heterocycles. The van der Waals surface area contributed by atoms with E-state index in [2.05, 4.69) is 6.07 Å². The van der Waals surface area contributed by atoms with Crippen LogP contribution in [0.2, 0.25) is 0 Å². The van der Waals surface area contributed by atoms with Crippen LogP contribution in [0.25, 0.3) is 16.8 Å². The fourth-order valence-electron chi connectivity index (χ4n) is 4.41. The van der Waals surface area contributed by atoms with E-state index in [4.69, 9.17) is 9.84 Å². The van der Waals surface area contributed by atoms with Crippen LogP contribution in [-0.4, -0.2) is 33.0 Å². The number of carboxylic acid groups (broad SMARTS) is 1. The van der Waals surface area contributed by atoms with Gasteiger partial charge in [-0.2, -0.15) is 0 Å². The van der Waals surface area contributed by atoms with E-state index in [1.807, 2.05) is 51.1 Å². The largest absolute Gasteiger partial charge is 0.493 e. The highest BCUT2D eigenvalue weighted by molar-refractivity contribution is 5.80. The molecule has 1 aliphatic heterocycles. The van der Waals surface area contributed by atoms with Crippen LogP contribution in [0.4, 0.5) is 0 Å². The van der Waals surface area contributed by atoms with Crippen molar-refractivity contribution in [2.24, 2.45) is 0 Å². The summed E-state index contributed by atoms with van der Waals surface area (Å²) in [6.07, 6.45) is 1.68. The maximum absolute atomic E-state index is 13.4. The second-order valence-electron chi connectivity index (χ2n) is 10.5. The van der Waals surface area contributed by atoms with Gasteiger partial charge in [0.2, 0.25) is 0 Å². The van der Waals surface area contributed by atoms with Gasteiger partial charge in [0.15, 0.2) is 0 Å². The Morgan fingerprint density at radius 1 is 1.03 bits per heavy atom. The molecule has 3 aromatic rings. The first-order valence-electron chi connectivity index (χ1n) is 12.3. The van der Waals surface area contributed by atoms with Gasteiger partial charge in [-0.15, -0.1) is 0 Å². The standard InChI is InChI=1S/C26H27NO4.C4H10O/c1-15-7-9-21(12-16(15)2)27-18(4)25(22(14-24(28)29)17(3)26(27)30)20-8-10-23-19(13-20)6-5-11-31-23;1-4(2,3)5/h7-10,12-13H,5-6,11,14H2,1-4H3,(H,28,29);5H,1-3H3. The van der Waals surface area contributed by atoms with E-state index >= 15 is 0 Å². The number of rotatable bonds is 4. The van der Waals surface area contributed by atoms with Crippen molar-refractivity contribution >= 4 is 5.97 Å². The summed E-state index contributed by atoms with van der Waals surface area (Å²) in [5.41, 5.74) is 7.00.